The zero-order valence-electron chi connectivity index (χ0n) is 13.7. The number of hydrogen-bond donors (Lipinski definition) is 1. The number of hydrogen-bond acceptors (Lipinski definition) is 4. The third-order valence-electron chi connectivity index (χ3n) is 4.23. The molecule has 1 aliphatic carbocycles. The van der Waals surface area contributed by atoms with Crippen LogP contribution in [0.3, 0.4) is 0 Å². The molecular weight excluding hydrogens is 264 g/mol. The molecule has 4 nitrogen and oxygen atoms in total. The number of methoxy groups -OCH3 is 2. The quantitative estimate of drug-likeness (QED) is 0.759. The van der Waals surface area contributed by atoms with Crippen LogP contribution in [-0.2, 0) is 0 Å². The zero-order valence-corrected chi connectivity index (χ0v) is 13.7. The molecule has 1 fully saturated rings. The predicted molar refractivity (Wildman–Crippen MR) is 86.2 cm³/mol. The smallest absolute Gasteiger partial charge is 0.161 e. The van der Waals surface area contributed by atoms with Crippen molar-refractivity contribution in [1.29, 1.82) is 0 Å². The van der Waals surface area contributed by atoms with Gasteiger partial charge in [0, 0.05) is 25.2 Å². The summed E-state index contributed by atoms with van der Waals surface area (Å²) in [4.78, 5) is 2.56. The van der Waals surface area contributed by atoms with E-state index in [2.05, 4.69) is 36.2 Å². The molecule has 1 aromatic rings. The van der Waals surface area contributed by atoms with E-state index in [1.54, 1.807) is 14.2 Å². The fourth-order valence-electron chi connectivity index (χ4n) is 2.70. The SMILES string of the molecule is CCN(CCNC(C)c1ccc(OC)c(OC)c1)C1CC1. The second-order valence-electron chi connectivity index (χ2n) is 5.65. The van der Waals surface area contributed by atoms with Crippen LogP contribution in [0, 0.1) is 0 Å². The van der Waals surface area contributed by atoms with Gasteiger partial charge in [0.1, 0.15) is 0 Å². The summed E-state index contributed by atoms with van der Waals surface area (Å²) in [5.74, 6) is 1.57. The number of ether oxygens (including phenoxy) is 2. The van der Waals surface area contributed by atoms with Crippen molar-refractivity contribution in [3.05, 3.63) is 23.8 Å². The zero-order chi connectivity index (χ0) is 15.2. The van der Waals surface area contributed by atoms with Crippen LogP contribution in [0.4, 0.5) is 0 Å². The van der Waals surface area contributed by atoms with Gasteiger partial charge in [-0.3, -0.25) is 4.90 Å². The molecule has 0 aliphatic heterocycles. The van der Waals surface area contributed by atoms with Crippen molar-refractivity contribution in [3.63, 3.8) is 0 Å². The van der Waals surface area contributed by atoms with Crippen molar-refractivity contribution in [2.75, 3.05) is 33.9 Å². The van der Waals surface area contributed by atoms with E-state index in [4.69, 9.17) is 9.47 Å². The fraction of sp³-hybridized carbons (Fsp3) is 0.647. The Morgan fingerprint density at radius 2 is 1.95 bits per heavy atom. The molecule has 0 heterocycles. The number of nitrogens with zero attached hydrogens (tertiary/aromatic N) is 1. The van der Waals surface area contributed by atoms with Gasteiger partial charge in [0.15, 0.2) is 11.5 Å². The maximum absolute atomic E-state index is 5.37. The number of rotatable bonds is 9. The molecular formula is C17H28N2O2. The van der Waals surface area contributed by atoms with Gasteiger partial charge in [0.05, 0.1) is 14.2 Å². The summed E-state index contributed by atoms with van der Waals surface area (Å²) in [5, 5.41) is 3.60. The van der Waals surface area contributed by atoms with E-state index in [9.17, 15) is 0 Å². The molecule has 2 rings (SSSR count). The summed E-state index contributed by atoms with van der Waals surface area (Å²) < 4.78 is 10.6. The lowest BCUT2D eigenvalue weighted by Gasteiger charge is -2.22. The first kappa shape index (κ1) is 16.1. The minimum absolute atomic E-state index is 0.308. The molecule has 21 heavy (non-hydrogen) atoms. The van der Waals surface area contributed by atoms with Crippen molar-refractivity contribution >= 4 is 0 Å². The number of benzene rings is 1. The Labute approximate surface area is 128 Å². The third-order valence-corrected chi connectivity index (χ3v) is 4.23. The van der Waals surface area contributed by atoms with E-state index in [1.165, 1.54) is 18.4 Å². The molecule has 1 atom stereocenters. The van der Waals surface area contributed by atoms with Gasteiger partial charge in [-0.05, 0) is 44.0 Å². The Balaban J connectivity index is 1.86. The second-order valence-corrected chi connectivity index (χ2v) is 5.65. The maximum Gasteiger partial charge on any atom is 0.161 e. The summed E-state index contributed by atoms with van der Waals surface area (Å²) in [6, 6.07) is 7.26. The van der Waals surface area contributed by atoms with E-state index in [-0.39, 0.29) is 0 Å². The van der Waals surface area contributed by atoms with Crippen molar-refractivity contribution in [2.24, 2.45) is 0 Å². The van der Waals surface area contributed by atoms with Gasteiger partial charge in [-0.15, -0.1) is 0 Å². The normalized spacial score (nSPS) is 16.0. The molecule has 0 bridgehead atoms. The van der Waals surface area contributed by atoms with Crippen LogP contribution in [0.25, 0.3) is 0 Å². The molecule has 4 heteroatoms. The summed E-state index contributed by atoms with van der Waals surface area (Å²) in [6.45, 7) is 7.72. The minimum Gasteiger partial charge on any atom is -0.493 e. The highest BCUT2D eigenvalue weighted by atomic mass is 16.5. The van der Waals surface area contributed by atoms with E-state index in [0.29, 0.717) is 6.04 Å². The van der Waals surface area contributed by atoms with E-state index in [1.807, 2.05) is 6.07 Å². The monoisotopic (exact) mass is 292 g/mol. The van der Waals surface area contributed by atoms with Gasteiger partial charge in [0.2, 0.25) is 0 Å². The van der Waals surface area contributed by atoms with Crippen molar-refractivity contribution in [1.82, 2.24) is 10.2 Å². The van der Waals surface area contributed by atoms with E-state index in [0.717, 1.165) is 37.2 Å². The molecule has 0 amide bonds. The largest absolute Gasteiger partial charge is 0.493 e. The number of nitrogens with one attached hydrogen (secondary N) is 1. The first-order valence-electron chi connectivity index (χ1n) is 7.89. The summed E-state index contributed by atoms with van der Waals surface area (Å²) in [6.07, 6.45) is 2.75. The molecule has 0 spiro atoms. The maximum atomic E-state index is 5.37. The Bertz CT molecular complexity index is 446. The van der Waals surface area contributed by atoms with Crippen LogP contribution in [0.15, 0.2) is 18.2 Å². The highest BCUT2D eigenvalue weighted by Crippen LogP contribution is 2.30. The molecule has 1 saturated carbocycles. The van der Waals surface area contributed by atoms with Crippen LogP contribution in [-0.4, -0.2) is 44.8 Å². The Kier molecular flexibility index (Phi) is 5.88. The first-order valence-corrected chi connectivity index (χ1v) is 7.89. The molecule has 0 saturated heterocycles. The molecule has 1 N–H and O–H groups in total. The Morgan fingerprint density at radius 3 is 2.52 bits per heavy atom. The van der Waals surface area contributed by atoms with Gasteiger partial charge < -0.3 is 14.8 Å². The highest BCUT2D eigenvalue weighted by molar-refractivity contribution is 5.43. The standard InChI is InChI=1S/C17H28N2O2/c1-5-19(15-7-8-15)11-10-18-13(2)14-6-9-16(20-3)17(12-14)21-4/h6,9,12-13,15,18H,5,7-8,10-11H2,1-4H3. The highest BCUT2D eigenvalue weighted by Gasteiger charge is 2.27. The molecule has 118 valence electrons. The fourth-order valence-corrected chi connectivity index (χ4v) is 2.70. The van der Waals surface area contributed by atoms with Gasteiger partial charge in [-0.25, -0.2) is 0 Å². The molecule has 1 aliphatic rings. The van der Waals surface area contributed by atoms with Crippen LogP contribution < -0.4 is 14.8 Å². The molecule has 1 unspecified atom stereocenters. The molecule has 1 aromatic carbocycles. The van der Waals surface area contributed by atoms with Crippen LogP contribution in [0.2, 0.25) is 0 Å². The topological polar surface area (TPSA) is 33.7 Å². The van der Waals surface area contributed by atoms with Crippen molar-refractivity contribution in [2.45, 2.75) is 38.8 Å². The Morgan fingerprint density at radius 1 is 1.24 bits per heavy atom. The summed E-state index contributed by atoms with van der Waals surface area (Å²) >= 11 is 0. The van der Waals surface area contributed by atoms with E-state index >= 15 is 0 Å². The summed E-state index contributed by atoms with van der Waals surface area (Å²) in [7, 11) is 3.34. The average Bonchev–Trinajstić information content (AvgIpc) is 3.35. The van der Waals surface area contributed by atoms with Gasteiger partial charge in [0.25, 0.3) is 0 Å². The van der Waals surface area contributed by atoms with Crippen molar-refractivity contribution < 1.29 is 9.47 Å². The van der Waals surface area contributed by atoms with Crippen molar-refractivity contribution in [3.8, 4) is 11.5 Å². The van der Waals surface area contributed by atoms with Gasteiger partial charge >= 0.3 is 0 Å². The minimum atomic E-state index is 0.308. The van der Waals surface area contributed by atoms with Gasteiger partial charge in [-0.2, -0.15) is 0 Å². The summed E-state index contributed by atoms with van der Waals surface area (Å²) in [5.41, 5.74) is 1.22. The first-order chi connectivity index (χ1) is 10.2. The van der Waals surface area contributed by atoms with Crippen LogP contribution in [0.1, 0.15) is 38.3 Å². The molecule has 0 radical (unpaired) electrons. The lowest BCUT2D eigenvalue weighted by molar-refractivity contribution is 0.273. The van der Waals surface area contributed by atoms with Gasteiger partial charge in [-0.1, -0.05) is 13.0 Å². The van der Waals surface area contributed by atoms with E-state index < -0.39 is 0 Å². The third kappa shape index (κ3) is 4.35. The van der Waals surface area contributed by atoms with Crippen LogP contribution >= 0.6 is 0 Å². The second kappa shape index (κ2) is 7.66. The molecule has 0 aromatic heterocycles. The Hall–Kier alpha value is -1.26. The lowest BCUT2D eigenvalue weighted by Crippen LogP contribution is -2.34. The lowest BCUT2D eigenvalue weighted by atomic mass is 10.1. The number of likely N-dealkylation sites (N-methyl/N-ethyl adjacent to an activating group) is 1. The average molecular weight is 292 g/mol. The predicted octanol–water partition coefficient (Wildman–Crippen LogP) is 2.84. The van der Waals surface area contributed by atoms with Crippen LogP contribution in [0.5, 0.6) is 11.5 Å².